The first-order chi connectivity index (χ1) is 9.45. The maximum absolute atomic E-state index is 12.8. The van der Waals surface area contributed by atoms with Crippen LogP contribution in [0, 0.1) is 6.92 Å². The van der Waals surface area contributed by atoms with Crippen LogP contribution < -0.4 is 5.32 Å². The Labute approximate surface area is 113 Å². The monoisotopic (exact) mass is 282 g/mol. The SMILES string of the molecule is Cc1nc2n(n1)C(c1cccc(C(F)(F)F)c1)CCN2. The highest BCUT2D eigenvalue weighted by Crippen LogP contribution is 2.33. The van der Waals surface area contributed by atoms with E-state index in [0.717, 1.165) is 6.07 Å². The number of aryl methyl sites for hydroxylation is 1. The van der Waals surface area contributed by atoms with Crippen molar-refractivity contribution in [1.82, 2.24) is 14.8 Å². The molecular weight excluding hydrogens is 269 g/mol. The lowest BCUT2D eigenvalue weighted by atomic mass is 10.0. The van der Waals surface area contributed by atoms with Gasteiger partial charge in [0.15, 0.2) is 0 Å². The number of rotatable bonds is 1. The van der Waals surface area contributed by atoms with Gasteiger partial charge in [-0.3, -0.25) is 0 Å². The number of nitrogens with zero attached hydrogens (tertiary/aromatic N) is 3. The second-order valence-corrected chi connectivity index (χ2v) is 4.78. The van der Waals surface area contributed by atoms with Crippen LogP contribution in [0.5, 0.6) is 0 Å². The quantitative estimate of drug-likeness (QED) is 0.874. The highest BCUT2D eigenvalue weighted by molar-refractivity contribution is 5.34. The summed E-state index contributed by atoms with van der Waals surface area (Å²) in [5, 5.41) is 7.36. The molecule has 3 rings (SSSR count). The Balaban J connectivity index is 2.02. The van der Waals surface area contributed by atoms with E-state index in [9.17, 15) is 13.2 Å². The number of aromatic nitrogens is 3. The van der Waals surface area contributed by atoms with Gasteiger partial charge in [-0.05, 0) is 31.0 Å². The van der Waals surface area contributed by atoms with E-state index in [2.05, 4.69) is 15.4 Å². The molecule has 1 atom stereocenters. The average Bonchev–Trinajstić information content (AvgIpc) is 2.77. The molecule has 0 amide bonds. The number of hydrogen-bond acceptors (Lipinski definition) is 3. The second kappa shape index (κ2) is 4.50. The van der Waals surface area contributed by atoms with Crippen molar-refractivity contribution < 1.29 is 13.2 Å². The van der Waals surface area contributed by atoms with Crippen LogP contribution in [0.25, 0.3) is 0 Å². The molecule has 0 fully saturated rings. The van der Waals surface area contributed by atoms with Gasteiger partial charge in [-0.2, -0.15) is 23.3 Å². The van der Waals surface area contributed by atoms with E-state index in [4.69, 9.17) is 0 Å². The molecule has 0 spiro atoms. The highest BCUT2D eigenvalue weighted by atomic mass is 19.4. The molecule has 0 bridgehead atoms. The number of fused-ring (bicyclic) bond motifs is 1. The van der Waals surface area contributed by atoms with Crippen molar-refractivity contribution in [3.63, 3.8) is 0 Å². The Morgan fingerprint density at radius 1 is 1.35 bits per heavy atom. The van der Waals surface area contributed by atoms with Crippen LogP contribution in [0.1, 0.15) is 29.4 Å². The molecule has 0 saturated carbocycles. The van der Waals surface area contributed by atoms with Crippen molar-refractivity contribution in [1.29, 1.82) is 0 Å². The van der Waals surface area contributed by atoms with E-state index in [-0.39, 0.29) is 6.04 Å². The van der Waals surface area contributed by atoms with Crippen LogP contribution >= 0.6 is 0 Å². The number of hydrogen-bond donors (Lipinski definition) is 1. The number of nitrogens with one attached hydrogen (secondary N) is 1. The van der Waals surface area contributed by atoms with Gasteiger partial charge in [-0.1, -0.05) is 12.1 Å². The molecule has 2 aromatic rings. The van der Waals surface area contributed by atoms with Gasteiger partial charge in [0.2, 0.25) is 5.95 Å². The van der Waals surface area contributed by atoms with Gasteiger partial charge >= 0.3 is 6.18 Å². The lowest BCUT2D eigenvalue weighted by Crippen LogP contribution is -2.25. The van der Waals surface area contributed by atoms with Gasteiger partial charge < -0.3 is 5.32 Å². The van der Waals surface area contributed by atoms with Crippen molar-refractivity contribution >= 4 is 5.95 Å². The normalized spacial score (nSPS) is 18.5. The molecule has 1 unspecified atom stereocenters. The topological polar surface area (TPSA) is 42.7 Å². The average molecular weight is 282 g/mol. The van der Waals surface area contributed by atoms with Crippen LogP contribution in [0.2, 0.25) is 0 Å². The van der Waals surface area contributed by atoms with Crippen molar-refractivity contribution in [3.8, 4) is 0 Å². The molecule has 1 aromatic heterocycles. The Kier molecular flexibility index (Phi) is 2.92. The summed E-state index contributed by atoms with van der Waals surface area (Å²) in [6.45, 7) is 2.43. The Morgan fingerprint density at radius 2 is 2.15 bits per heavy atom. The van der Waals surface area contributed by atoms with Gasteiger partial charge in [0, 0.05) is 6.54 Å². The molecule has 0 radical (unpaired) electrons. The number of alkyl halides is 3. The zero-order valence-corrected chi connectivity index (χ0v) is 10.8. The van der Waals surface area contributed by atoms with E-state index < -0.39 is 11.7 Å². The summed E-state index contributed by atoms with van der Waals surface area (Å²) in [7, 11) is 0. The molecule has 1 aromatic carbocycles. The summed E-state index contributed by atoms with van der Waals surface area (Å²) in [6.07, 6.45) is -3.65. The van der Waals surface area contributed by atoms with E-state index >= 15 is 0 Å². The third-order valence-electron chi connectivity index (χ3n) is 3.33. The number of anilines is 1. The predicted octanol–water partition coefficient (Wildman–Crippen LogP) is 3.01. The zero-order chi connectivity index (χ0) is 14.3. The maximum Gasteiger partial charge on any atom is 0.416 e. The van der Waals surface area contributed by atoms with Gasteiger partial charge in [0.1, 0.15) is 5.82 Å². The van der Waals surface area contributed by atoms with Gasteiger partial charge in [0.05, 0.1) is 11.6 Å². The predicted molar refractivity (Wildman–Crippen MR) is 67.4 cm³/mol. The molecule has 4 nitrogen and oxygen atoms in total. The van der Waals surface area contributed by atoms with Crippen molar-refractivity contribution in [2.24, 2.45) is 0 Å². The minimum atomic E-state index is -4.33. The standard InChI is InChI=1S/C13H13F3N4/c1-8-18-12-17-6-5-11(20(12)19-8)9-3-2-4-10(7-9)13(14,15)16/h2-4,7,11H,5-6H2,1H3,(H,17,18,19). The number of benzene rings is 1. The summed E-state index contributed by atoms with van der Waals surface area (Å²) < 4.78 is 40.0. The highest BCUT2D eigenvalue weighted by Gasteiger charge is 2.32. The Bertz CT molecular complexity index is 633. The van der Waals surface area contributed by atoms with Gasteiger partial charge in [0.25, 0.3) is 0 Å². The largest absolute Gasteiger partial charge is 0.416 e. The molecule has 106 valence electrons. The third-order valence-corrected chi connectivity index (χ3v) is 3.33. The summed E-state index contributed by atoms with van der Waals surface area (Å²) in [4.78, 5) is 4.22. The second-order valence-electron chi connectivity index (χ2n) is 4.78. The van der Waals surface area contributed by atoms with E-state index in [0.29, 0.717) is 30.3 Å². The molecule has 0 saturated heterocycles. The fourth-order valence-corrected chi connectivity index (χ4v) is 2.44. The van der Waals surface area contributed by atoms with Crippen LogP contribution in [0.3, 0.4) is 0 Å². The smallest absolute Gasteiger partial charge is 0.354 e. The fraction of sp³-hybridized carbons (Fsp3) is 0.385. The van der Waals surface area contributed by atoms with Crippen molar-refractivity contribution in [3.05, 3.63) is 41.2 Å². The molecule has 1 aliphatic rings. The van der Waals surface area contributed by atoms with Crippen LogP contribution in [0.15, 0.2) is 24.3 Å². The molecule has 7 heteroatoms. The minimum Gasteiger partial charge on any atom is -0.354 e. The molecule has 2 heterocycles. The Morgan fingerprint density at radius 3 is 2.90 bits per heavy atom. The van der Waals surface area contributed by atoms with Crippen LogP contribution in [0.4, 0.5) is 19.1 Å². The van der Waals surface area contributed by atoms with E-state index in [1.807, 2.05) is 0 Å². The lowest BCUT2D eigenvalue weighted by Gasteiger charge is -2.25. The molecule has 1 aliphatic heterocycles. The fourth-order valence-electron chi connectivity index (χ4n) is 2.44. The first kappa shape index (κ1) is 13.0. The van der Waals surface area contributed by atoms with Crippen LogP contribution in [-0.2, 0) is 6.18 Å². The zero-order valence-electron chi connectivity index (χ0n) is 10.8. The summed E-state index contributed by atoms with van der Waals surface area (Å²) in [5.74, 6) is 1.21. The van der Waals surface area contributed by atoms with E-state index in [1.165, 1.54) is 12.1 Å². The lowest BCUT2D eigenvalue weighted by molar-refractivity contribution is -0.137. The molecular formula is C13H13F3N4. The van der Waals surface area contributed by atoms with Crippen LogP contribution in [-0.4, -0.2) is 21.3 Å². The first-order valence-corrected chi connectivity index (χ1v) is 6.29. The first-order valence-electron chi connectivity index (χ1n) is 6.29. The summed E-state index contributed by atoms with van der Waals surface area (Å²) in [6, 6.07) is 5.19. The van der Waals surface area contributed by atoms with Crippen molar-refractivity contribution in [2.45, 2.75) is 25.6 Å². The van der Waals surface area contributed by atoms with Crippen molar-refractivity contribution in [2.75, 3.05) is 11.9 Å². The molecule has 1 N–H and O–H groups in total. The summed E-state index contributed by atoms with van der Waals surface area (Å²) in [5.41, 5.74) is -0.0283. The van der Waals surface area contributed by atoms with Gasteiger partial charge in [-0.25, -0.2) is 4.68 Å². The maximum atomic E-state index is 12.8. The number of halogens is 3. The Hall–Kier alpha value is -2.05. The van der Waals surface area contributed by atoms with E-state index in [1.54, 1.807) is 17.7 Å². The minimum absolute atomic E-state index is 0.213. The summed E-state index contributed by atoms with van der Waals surface area (Å²) >= 11 is 0. The van der Waals surface area contributed by atoms with Gasteiger partial charge in [-0.15, -0.1) is 0 Å². The molecule has 20 heavy (non-hydrogen) atoms. The third kappa shape index (κ3) is 2.23. The molecule has 0 aliphatic carbocycles.